The van der Waals surface area contributed by atoms with Crippen LogP contribution in [0.5, 0.6) is 0 Å². The highest BCUT2D eigenvalue weighted by Gasteiger charge is 2.29. The highest BCUT2D eigenvalue weighted by Crippen LogP contribution is 2.27. The van der Waals surface area contributed by atoms with Crippen LogP contribution in [0.4, 0.5) is 5.82 Å². The van der Waals surface area contributed by atoms with Gasteiger partial charge in [0.05, 0.1) is 5.92 Å². The van der Waals surface area contributed by atoms with Crippen LogP contribution < -0.4 is 16.4 Å². The first-order valence-corrected chi connectivity index (χ1v) is 6.76. The number of amides is 1. The molecule has 0 radical (unpaired) electrons. The molecule has 1 aliphatic heterocycles. The molecule has 5 nitrogen and oxygen atoms in total. The molecule has 3 atom stereocenters. The average Bonchev–Trinajstić information content (AvgIpc) is 2.39. The number of nitrogens with two attached hydrogens (primary N) is 2. The number of nitrogens with zero attached hydrogens (tertiary/aromatic N) is 2. The summed E-state index contributed by atoms with van der Waals surface area (Å²) in [6, 6.07) is 4.28. The number of rotatable bonds is 3. The molecule has 0 spiro atoms. The number of primary amides is 1. The monoisotopic (exact) mass is 262 g/mol. The van der Waals surface area contributed by atoms with Crippen LogP contribution in [-0.4, -0.2) is 23.5 Å². The van der Waals surface area contributed by atoms with E-state index in [2.05, 4.69) is 16.8 Å². The highest BCUT2D eigenvalue weighted by molar-refractivity contribution is 5.77. The lowest BCUT2D eigenvalue weighted by atomic mass is 9.93. The molecule has 2 heterocycles. The van der Waals surface area contributed by atoms with Gasteiger partial charge in [-0.3, -0.25) is 4.79 Å². The number of piperidine rings is 1. The lowest BCUT2D eigenvalue weighted by Crippen LogP contribution is -2.46. The number of hydrogen-bond acceptors (Lipinski definition) is 4. The smallest absolute Gasteiger partial charge is 0.222 e. The number of anilines is 1. The van der Waals surface area contributed by atoms with Gasteiger partial charge in [-0.25, -0.2) is 4.98 Å². The Balaban J connectivity index is 2.23. The molecule has 1 aromatic rings. The molecule has 1 saturated heterocycles. The third-order valence-electron chi connectivity index (χ3n) is 3.87. The second kappa shape index (κ2) is 5.57. The van der Waals surface area contributed by atoms with Crippen LogP contribution in [0.3, 0.4) is 0 Å². The van der Waals surface area contributed by atoms with Crippen LogP contribution in [0.2, 0.25) is 0 Å². The normalized spacial score (nSPS) is 25.1. The van der Waals surface area contributed by atoms with E-state index in [4.69, 9.17) is 11.5 Å². The predicted molar refractivity (Wildman–Crippen MR) is 75.6 cm³/mol. The van der Waals surface area contributed by atoms with E-state index < -0.39 is 0 Å². The average molecular weight is 262 g/mol. The van der Waals surface area contributed by atoms with Gasteiger partial charge in [0.1, 0.15) is 5.82 Å². The molecule has 0 aromatic carbocycles. The van der Waals surface area contributed by atoms with E-state index >= 15 is 0 Å². The van der Waals surface area contributed by atoms with E-state index in [9.17, 15) is 4.79 Å². The number of carbonyl (C=O) groups excluding carboxylic acids is 1. The van der Waals surface area contributed by atoms with Crippen LogP contribution in [0.1, 0.15) is 38.3 Å². The van der Waals surface area contributed by atoms with Gasteiger partial charge in [0.25, 0.3) is 0 Å². The Labute approximate surface area is 114 Å². The van der Waals surface area contributed by atoms with Crippen LogP contribution in [0.15, 0.2) is 18.3 Å². The molecule has 104 valence electrons. The van der Waals surface area contributed by atoms with Crippen molar-refractivity contribution < 1.29 is 4.79 Å². The highest BCUT2D eigenvalue weighted by atomic mass is 16.1. The molecule has 1 fully saturated rings. The van der Waals surface area contributed by atoms with Gasteiger partial charge in [0.15, 0.2) is 0 Å². The molecule has 4 N–H and O–H groups in total. The largest absolute Gasteiger partial charge is 0.369 e. The first-order chi connectivity index (χ1) is 8.99. The number of aromatic nitrogens is 1. The first kappa shape index (κ1) is 13.8. The first-order valence-electron chi connectivity index (χ1n) is 6.76. The second-order valence-corrected chi connectivity index (χ2v) is 5.41. The minimum absolute atomic E-state index is 0.0196. The van der Waals surface area contributed by atoms with Gasteiger partial charge in [-0.1, -0.05) is 0 Å². The zero-order chi connectivity index (χ0) is 14.0. The molecule has 2 rings (SSSR count). The summed E-state index contributed by atoms with van der Waals surface area (Å²) in [4.78, 5) is 17.9. The molecular formula is C14H22N4O. The Hall–Kier alpha value is -1.62. The van der Waals surface area contributed by atoms with Crippen molar-refractivity contribution in [2.24, 2.45) is 17.4 Å². The van der Waals surface area contributed by atoms with Crippen molar-refractivity contribution in [1.82, 2.24) is 4.98 Å². The lowest BCUT2D eigenvalue weighted by molar-refractivity contribution is -0.122. The van der Waals surface area contributed by atoms with Crippen molar-refractivity contribution in [2.75, 3.05) is 11.4 Å². The van der Waals surface area contributed by atoms with Gasteiger partial charge < -0.3 is 16.4 Å². The molecule has 1 amide bonds. The van der Waals surface area contributed by atoms with Gasteiger partial charge in [-0.2, -0.15) is 0 Å². The summed E-state index contributed by atoms with van der Waals surface area (Å²) in [6.07, 6.45) is 3.59. The fraction of sp³-hybridized carbons (Fsp3) is 0.571. The summed E-state index contributed by atoms with van der Waals surface area (Å²) < 4.78 is 0. The van der Waals surface area contributed by atoms with Crippen molar-refractivity contribution in [3.8, 4) is 0 Å². The third kappa shape index (κ3) is 3.04. The predicted octanol–water partition coefficient (Wildman–Crippen LogP) is 1.19. The SMILES string of the molecule is CC1CCC(C(N)=O)CN1c1cc([C@H](C)N)ccn1. The summed E-state index contributed by atoms with van der Waals surface area (Å²) in [5.74, 6) is 0.574. The van der Waals surface area contributed by atoms with E-state index in [1.165, 1.54) is 0 Å². The fourth-order valence-corrected chi connectivity index (χ4v) is 2.53. The maximum Gasteiger partial charge on any atom is 0.222 e. The van der Waals surface area contributed by atoms with Crippen molar-refractivity contribution in [3.05, 3.63) is 23.9 Å². The standard InChI is InChI=1S/C14H22N4O/c1-9-3-4-12(14(16)19)8-18(9)13-7-11(10(2)15)5-6-17-13/h5-7,9-10,12H,3-4,8,15H2,1-2H3,(H2,16,19)/t9?,10-,12?/m0/s1. The van der Waals surface area contributed by atoms with E-state index in [0.717, 1.165) is 24.2 Å². The molecule has 5 heteroatoms. The van der Waals surface area contributed by atoms with Crippen molar-refractivity contribution in [3.63, 3.8) is 0 Å². The van der Waals surface area contributed by atoms with Crippen LogP contribution >= 0.6 is 0 Å². The van der Waals surface area contributed by atoms with E-state index in [0.29, 0.717) is 12.6 Å². The molecule has 2 unspecified atom stereocenters. The van der Waals surface area contributed by atoms with E-state index in [1.807, 2.05) is 19.1 Å². The van der Waals surface area contributed by atoms with Gasteiger partial charge in [0.2, 0.25) is 5.91 Å². The number of carbonyl (C=O) groups is 1. The number of hydrogen-bond donors (Lipinski definition) is 2. The Kier molecular flexibility index (Phi) is 4.04. The minimum atomic E-state index is -0.222. The van der Waals surface area contributed by atoms with E-state index in [-0.39, 0.29) is 17.9 Å². The second-order valence-electron chi connectivity index (χ2n) is 5.41. The van der Waals surface area contributed by atoms with Crippen LogP contribution in [0.25, 0.3) is 0 Å². The maximum absolute atomic E-state index is 11.4. The Bertz CT molecular complexity index is 461. The van der Waals surface area contributed by atoms with Gasteiger partial charge >= 0.3 is 0 Å². The molecule has 0 saturated carbocycles. The molecule has 0 aliphatic carbocycles. The Morgan fingerprint density at radius 3 is 2.89 bits per heavy atom. The summed E-state index contributed by atoms with van der Waals surface area (Å²) in [7, 11) is 0. The zero-order valence-electron chi connectivity index (χ0n) is 11.5. The molecule has 0 bridgehead atoms. The van der Waals surface area contributed by atoms with Crippen molar-refractivity contribution in [1.29, 1.82) is 0 Å². The molecular weight excluding hydrogens is 240 g/mol. The van der Waals surface area contributed by atoms with Crippen LogP contribution in [-0.2, 0) is 4.79 Å². The molecule has 1 aliphatic rings. The molecule has 1 aromatic heterocycles. The number of pyridine rings is 1. The maximum atomic E-state index is 11.4. The summed E-state index contributed by atoms with van der Waals surface area (Å²) >= 11 is 0. The Morgan fingerprint density at radius 2 is 2.26 bits per heavy atom. The quantitative estimate of drug-likeness (QED) is 0.857. The molecule has 19 heavy (non-hydrogen) atoms. The lowest BCUT2D eigenvalue weighted by Gasteiger charge is -2.38. The van der Waals surface area contributed by atoms with Gasteiger partial charge in [0, 0.05) is 24.8 Å². The van der Waals surface area contributed by atoms with Crippen LogP contribution in [0, 0.1) is 5.92 Å². The van der Waals surface area contributed by atoms with Gasteiger partial charge in [-0.05, 0) is 44.4 Å². The van der Waals surface area contributed by atoms with Crippen molar-refractivity contribution >= 4 is 11.7 Å². The summed E-state index contributed by atoms with van der Waals surface area (Å²) in [6.45, 7) is 4.74. The van der Waals surface area contributed by atoms with E-state index in [1.54, 1.807) is 6.20 Å². The topological polar surface area (TPSA) is 85.2 Å². The fourth-order valence-electron chi connectivity index (χ4n) is 2.53. The van der Waals surface area contributed by atoms with Gasteiger partial charge in [-0.15, -0.1) is 0 Å². The van der Waals surface area contributed by atoms with Crippen molar-refractivity contribution in [2.45, 2.75) is 38.8 Å². The zero-order valence-corrected chi connectivity index (χ0v) is 11.5. The minimum Gasteiger partial charge on any atom is -0.369 e. The third-order valence-corrected chi connectivity index (χ3v) is 3.87. The Morgan fingerprint density at radius 1 is 1.53 bits per heavy atom. The summed E-state index contributed by atoms with van der Waals surface area (Å²) in [5.41, 5.74) is 12.4. The summed E-state index contributed by atoms with van der Waals surface area (Å²) in [5, 5.41) is 0.